The largest absolute Gasteiger partial charge is 0.481 e. The first-order valence-electron chi connectivity index (χ1n) is 11.8. The van der Waals surface area contributed by atoms with Gasteiger partial charge in [0.25, 0.3) is 0 Å². The Morgan fingerprint density at radius 1 is 1.24 bits per heavy atom. The number of fused-ring (bicyclic) bond motifs is 1. The molecule has 13 heteroatoms. The molecule has 4 rings (SSSR count). The number of rotatable bonds is 9. The first kappa shape index (κ1) is 27.8. The van der Waals surface area contributed by atoms with Crippen LogP contribution in [0.1, 0.15) is 35.7 Å². The number of Topliss-reactive ketones (excluding diaryl/α,β-unsaturated/α-hetero) is 1. The molecule has 1 aliphatic heterocycles. The van der Waals surface area contributed by atoms with Crippen molar-refractivity contribution in [3.63, 3.8) is 0 Å². The molecule has 38 heavy (non-hydrogen) atoms. The van der Waals surface area contributed by atoms with Gasteiger partial charge in [-0.15, -0.1) is 0 Å². The van der Waals surface area contributed by atoms with Gasteiger partial charge in [-0.05, 0) is 38.0 Å². The van der Waals surface area contributed by atoms with Crippen LogP contribution in [0.4, 0.5) is 4.39 Å². The van der Waals surface area contributed by atoms with Crippen LogP contribution in [0.2, 0.25) is 5.02 Å². The van der Waals surface area contributed by atoms with Gasteiger partial charge in [-0.3, -0.25) is 18.9 Å². The third-order valence-corrected chi connectivity index (χ3v) is 7.06. The van der Waals surface area contributed by atoms with E-state index >= 15 is 0 Å². The van der Waals surface area contributed by atoms with Crippen LogP contribution >= 0.6 is 19.2 Å². The predicted octanol–water partition coefficient (Wildman–Crippen LogP) is 3.46. The van der Waals surface area contributed by atoms with Crippen LogP contribution in [0.3, 0.4) is 0 Å². The topological polar surface area (TPSA) is 138 Å². The van der Waals surface area contributed by atoms with Crippen LogP contribution in [0.5, 0.6) is 5.75 Å². The van der Waals surface area contributed by atoms with Gasteiger partial charge in [0, 0.05) is 41.9 Å². The minimum atomic E-state index is -4.41. The summed E-state index contributed by atoms with van der Waals surface area (Å²) in [4.78, 5) is 58.0. The van der Waals surface area contributed by atoms with Crippen LogP contribution in [0, 0.1) is 5.82 Å². The molecule has 1 aromatic heterocycles. The Hall–Kier alpha value is -3.24. The molecule has 0 unspecified atom stereocenters. The highest BCUT2D eigenvalue weighted by molar-refractivity contribution is 7.51. The quantitative estimate of drug-likeness (QED) is 0.267. The summed E-state index contributed by atoms with van der Waals surface area (Å²) in [6.07, 6.45) is 1.77. The molecule has 1 fully saturated rings. The number of amides is 2. The molecule has 1 saturated heterocycles. The number of aromatic nitrogens is 1. The van der Waals surface area contributed by atoms with Gasteiger partial charge >= 0.3 is 7.60 Å². The van der Waals surface area contributed by atoms with Crippen molar-refractivity contribution in [3.8, 4) is 5.75 Å². The zero-order valence-electron chi connectivity index (χ0n) is 20.4. The molecule has 1 atom stereocenters. The van der Waals surface area contributed by atoms with Crippen molar-refractivity contribution in [1.82, 2.24) is 14.8 Å². The average Bonchev–Trinajstić information content (AvgIpc) is 3.48. The number of nitrogens with zero attached hydrogens (tertiary/aromatic N) is 2. The first-order valence-corrected chi connectivity index (χ1v) is 13.9. The first-order chi connectivity index (χ1) is 17.9. The van der Waals surface area contributed by atoms with Crippen molar-refractivity contribution in [1.29, 1.82) is 0 Å². The summed E-state index contributed by atoms with van der Waals surface area (Å²) in [5, 5.41) is 3.18. The van der Waals surface area contributed by atoms with Crippen molar-refractivity contribution in [2.75, 3.05) is 12.9 Å². The molecule has 0 radical (unpaired) electrons. The van der Waals surface area contributed by atoms with E-state index < -0.39 is 31.7 Å². The van der Waals surface area contributed by atoms with Gasteiger partial charge < -0.3 is 29.3 Å². The Bertz CT molecular complexity index is 1450. The smallest absolute Gasteiger partial charge is 0.362 e. The summed E-state index contributed by atoms with van der Waals surface area (Å²) in [5.41, 5.74) is 1.06. The summed E-state index contributed by atoms with van der Waals surface area (Å²) in [6.45, 7) is 1.49. The summed E-state index contributed by atoms with van der Waals surface area (Å²) in [7, 11) is -4.41. The van der Waals surface area contributed by atoms with E-state index in [-0.39, 0.29) is 41.1 Å². The number of hydrogen-bond donors (Lipinski definition) is 3. The number of carbonyl (C=O) groups is 3. The van der Waals surface area contributed by atoms with Crippen LogP contribution in [0.25, 0.3) is 10.9 Å². The monoisotopic (exact) mass is 565 g/mol. The molecular formula is C25H26ClFN3O7P. The van der Waals surface area contributed by atoms with Crippen molar-refractivity contribution in [2.24, 2.45) is 0 Å². The van der Waals surface area contributed by atoms with Gasteiger partial charge in [0.15, 0.2) is 12.1 Å². The fourth-order valence-electron chi connectivity index (χ4n) is 4.49. The molecule has 3 N–H and O–H groups in total. The molecular weight excluding hydrogens is 540 g/mol. The number of carbonyl (C=O) groups excluding carboxylic acids is 3. The van der Waals surface area contributed by atoms with E-state index in [1.54, 1.807) is 16.7 Å². The molecule has 2 aromatic carbocycles. The standard InChI is InChI=1S/C25H26ClFN3O7P/c1-15(31)19-12-29(22-10-17(7-8-18(19)22)37-14-38(34,35)36)13-23(32)30-9-3-6-21(30)25(33)28-11-16-4-2-5-20(26)24(16)27/h2,4-5,7-8,10,12,21H,3,6,9,11,13-14H2,1H3,(H,28,33)(H2,34,35,36)/t21-/m0/s1. The predicted molar refractivity (Wildman–Crippen MR) is 137 cm³/mol. The third kappa shape index (κ3) is 6.24. The lowest BCUT2D eigenvalue weighted by molar-refractivity contribution is -0.138. The number of likely N-dealkylation sites (tertiary alicyclic amines) is 1. The second-order valence-corrected chi connectivity index (χ2v) is 11.0. The fraction of sp³-hybridized carbons (Fsp3) is 0.320. The Labute approximate surface area is 222 Å². The molecule has 2 amide bonds. The molecule has 2 heterocycles. The van der Waals surface area contributed by atoms with E-state index in [0.717, 1.165) is 0 Å². The minimum Gasteiger partial charge on any atom is -0.481 e. The second-order valence-electron chi connectivity index (χ2n) is 9.02. The van der Waals surface area contributed by atoms with Gasteiger partial charge in [0.05, 0.1) is 10.5 Å². The zero-order valence-corrected chi connectivity index (χ0v) is 22.0. The van der Waals surface area contributed by atoms with Gasteiger partial charge in [-0.25, -0.2) is 4.39 Å². The molecule has 0 aliphatic carbocycles. The van der Waals surface area contributed by atoms with E-state index in [9.17, 15) is 23.3 Å². The highest BCUT2D eigenvalue weighted by atomic mass is 35.5. The highest BCUT2D eigenvalue weighted by Gasteiger charge is 2.34. The Balaban J connectivity index is 1.51. The molecule has 3 aromatic rings. The maximum Gasteiger partial charge on any atom is 0.362 e. The van der Waals surface area contributed by atoms with E-state index in [2.05, 4.69) is 5.32 Å². The Morgan fingerprint density at radius 2 is 2.00 bits per heavy atom. The number of ketones is 1. The van der Waals surface area contributed by atoms with E-state index in [0.29, 0.717) is 35.9 Å². The van der Waals surface area contributed by atoms with Crippen molar-refractivity contribution >= 4 is 47.7 Å². The van der Waals surface area contributed by atoms with Gasteiger partial charge in [0.2, 0.25) is 11.8 Å². The molecule has 202 valence electrons. The van der Waals surface area contributed by atoms with Gasteiger partial charge in [0.1, 0.15) is 24.2 Å². The fourth-order valence-corrected chi connectivity index (χ4v) is 5.00. The Morgan fingerprint density at radius 3 is 2.71 bits per heavy atom. The lowest BCUT2D eigenvalue weighted by Crippen LogP contribution is -2.46. The van der Waals surface area contributed by atoms with Crippen molar-refractivity contribution in [3.05, 3.63) is 64.6 Å². The van der Waals surface area contributed by atoms with Crippen molar-refractivity contribution in [2.45, 2.75) is 38.9 Å². The van der Waals surface area contributed by atoms with E-state index in [1.165, 1.54) is 42.3 Å². The SMILES string of the molecule is CC(=O)c1cn(CC(=O)N2CCC[C@H]2C(=O)NCc2cccc(Cl)c2F)c2cc(OCP(=O)(O)O)ccc12. The van der Waals surface area contributed by atoms with Crippen LogP contribution in [-0.2, 0) is 27.2 Å². The van der Waals surface area contributed by atoms with Gasteiger partial charge in [-0.2, -0.15) is 0 Å². The zero-order chi connectivity index (χ0) is 27.6. The van der Waals surface area contributed by atoms with Crippen molar-refractivity contribution < 1.29 is 37.9 Å². The summed E-state index contributed by atoms with van der Waals surface area (Å²) in [6, 6.07) is 8.34. The van der Waals surface area contributed by atoms with Crippen LogP contribution < -0.4 is 10.1 Å². The highest BCUT2D eigenvalue weighted by Crippen LogP contribution is 2.35. The van der Waals surface area contributed by atoms with E-state index in [4.69, 9.17) is 26.1 Å². The maximum atomic E-state index is 14.2. The lowest BCUT2D eigenvalue weighted by Gasteiger charge is -2.24. The Kier molecular flexibility index (Phi) is 8.22. The number of nitrogens with one attached hydrogen (secondary N) is 1. The lowest BCUT2D eigenvalue weighted by atomic mass is 10.1. The maximum absolute atomic E-state index is 14.2. The summed E-state index contributed by atoms with van der Waals surface area (Å²) >= 11 is 5.80. The number of ether oxygens (including phenoxy) is 1. The number of hydrogen-bond acceptors (Lipinski definition) is 5. The van der Waals surface area contributed by atoms with E-state index in [1.807, 2.05) is 0 Å². The molecule has 0 saturated carbocycles. The molecule has 0 spiro atoms. The minimum absolute atomic E-state index is 0.0476. The third-order valence-electron chi connectivity index (χ3n) is 6.30. The summed E-state index contributed by atoms with van der Waals surface area (Å²) in [5.74, 6) is -1.44. The van der Waals surface area contributed by atoms with Gasteiger partial charge in [-0.1, -0.05) is 23.7 Å². The summed E-state index contributed by atoms with van der Waals surface area (Å²) < 4.78 is 32.1. The molecule has 1 aliphatic rings. The number of halogens is 2. The molecule has 0 bridgehead atoms. The molecule has 10 nitrogen and oxygen atoms in total. The van der Waals surface area contributed by atoms with Crippen LogP contribution in [-0.4, -0.2) is 55.8 Å². The average molecular weight is 566 g/mol. The number of benzene rings is 2. The second kappa shape index (κ2) is 11.2. The van der Waals surface area contributed by atoms with Crippen LogP contribution in [0.15, 0.2) is 42.6 Å². The normalized spacial score (nSPS) is 15.6.